The summed E-state index contributed by atoms with van der Waals surface area (Å²) in [7, 11) is 6.40. The molecule has 12 nitrogen and oxygen atoms in total. The number of ether oxygens (including phenoxy) is 6. The average molecular weight is 814 g/mol. The molecule has 6 fully saturated rings. The Morgan fingerprint density at radius 2 is 1.48 bits per heavy atom. The number of piperidine rings is 1. The third-order valence-electron chi connectivity index (χ3n) is 16.1. The van der Waals surface area contributed by atoms with Crippen LogP contribution in [0.15, 0.2) is 30.3 Å². The lowest BCUT2D eigenvalue weighted by molar-refractivity contribution is -0.323. The third-order valence-corrected chi connectivity index (χ3v) is 16.1. The molecule has 5 aliphatic carbocycles. The van der Waals surface area contributed by atoms with Gasteiger partial charge in [0.05, 0.1) is 30.5 Å². The Hall–Kier alpha value is -2.16. The van der Waals surface area contributed by atoms with Crippen molar-refractivity contribution in [3.8, 4) is 0 Å². The predicted molar refractivity (Wildman–Crippen MR) is 216 cm³/mol. The molecule has 326 valence electrons. The number of rotatable bonds is 21. The number of methoxy groups -OCH3 is 4. The molecule has 1 aromatic carbocycles. The highest BCUT2D eigenvalue weighted by Gasteiger charge is 2.92. The van der Waals surface area contributed by atoms with E-state index in [1.165, 1.54) is 52.1 Å². The van der Waals surface area contributed by atoms with Crippen LogP contribution in [0.2, 0.25) is 0 Å². The summed E-state index contributed by atoms with van der Waals surface area (Å²) in [6, 6.07) is 8.31. The number of aliphatic hydroxyl groups is 3. The molecule has 1 heterocycles. The Bertz CT molecular complexity index is 1560. The minimum atomic E-state index is -1.84. The van der Waals surface area contributed by atoms with Crippen molar-refractivity contribution in [3.05, 3.63) is 35.9 Å². The van der Waals surface area contributed by atoms with Crippen LogP contribution in [0.1, 0.15) is 114 Å². The summed E-state index contributed by atoms with van der Waals surface area (Å²) >= 11 is 0. The number of aliphatic hydroxyl groups excluding tert-OH is 2. The normalized spacial score (nSPS) is 42.1. The van der Waals surface area contributed by atoms with E-state index in [0.717, 1.165) is 19.3 Å². The van der Waals surface area contributed by atoms with E-state index in [2.05, 4.69) is 18.7 Å². The predicted octanol–water partition coefficient (Wildman–Crippen LogP) is 5.33. The second-order valence-electron chi connectivity index (χ2n) is 18.6. The molecular weight excluding hydrogens is 743 g/mol. The van der Waals surface area contributed by atoms with E-state index in [-0.39, 0.29) is 31.4 Å². The molecule has 7 bridgehead atoms. The van der Waals surface area contributed by atoms with Crippen LogP contribution in [-0.4, -0.2) is 134 Å². The van der Waals surface area contributed by atoms with Gasteiger partial charge in [-0.2, -0.15) is 0 Å². The maximum absolute atomic E-state index is 14.5. The average Bonchev–Trinajstić information content (AvgIpc) is 3.60. The number of hydrogen-bond acceptors (Lipinski definition) is 12. The quantitative estimate of drug-likeness (QED) is 0.109. The van der Waals surface area contributed by atoms with E-state index in [9.17, 15) is 24.9 Å². The molecule has 1 aromatic rings. The molecule has 0 aromatic heterocycles. The molecule has 12 heteroatoms. The number of hydrogen-bond donors (Lipinski definition) is 3. The fourth-order valence-electron chi connectivity index (χ4n) is 14.2. The van der Waals surface area contributed by atoms with Crippen molar-refractivity contribution in [2.24, 2.45) is 34.5 Å². The van der Waals surface area contributed by atoms with Crippen LogP contribution in [0, 0.1) is 34.5 Å². The SMILES string of the molecule is CCCCCCCCCCCCCC(=O)O[C@]12[C@H]3[C@@H](OC(=O)c4ccccc4)[C@@](O)(C[C@H]3[C@@]34C(OC)C[C@@H](O)[C@@]5(COC)CN(CC)[C@@H]3[C@@H]1[C@H](OC)[C@H]54)[C@@H](OC)[C@@H]2O. The van der Waals surface area contributed by atoms with Crippen LogP contribution >= 0.6 is 0 Å². The first-order valence-electron chi connectivity index (χ1n) is 22.4. The fraction of sp³-hybridized carbons (Fsp3) is 0.826. The van der Waals surface area contributed by atoms with Crippen LogP contribution in [0.4, 0.5) is 0 Å². The first-order chi connectivity index (χ1) is 28.0. The number of unbranched alkanes of at least 4 members (excludes halogenated alkanes) is 10. The summed E-state index contributed by atoms with van der Waals surface area (Å²) in [5, 5.41) is 38.3. The van der Waals surface area contributed by atoms with Crippen LogP contribution < -0.4 is 0 Å². The van der Waals surface area contributed by atoms with Gasteiger partial charge >= 0.3 is 11.9 Å². The van der Waals surface area contributed by atoms with Crippen LogP contribution in [0.5, 0.6) is 0 Å². The Kier molecular flexibility index (Phi) is 13.4. The van der Waals surface area contributed by atoms with Crippen LogP contribution in [-0.2, 0) is 33.2 Å². The summed E-state index contributed by atoms with van der Waals surface area (Å²) < 4.78 is 38.6. The summed E-state index contributed by atoms with van der Waals surface area (Å²) in [4.78, 5) is 30.9. The summed E-state index contributed by atoms with van der Waals surface area (Å²) in [5.41, 5.74) is -4.82. The van der Waals surface area contributed by atoms with Crippen molar-refractivity contribution in [2.75, 3.05) is 48.1 Å². The van der Waals surface area contributed by atoms with Gasteiger partial charge in [0.1, 0.15) is 23.9 Å². The number of likely N-dealkylation sites (tertiary alicyclic amines) is 1. The minimum absolute atomic E-state index is 0.0879. The number of carbonyl (C=O) groups is 2. The number of benzene rings is 1. The van der Waals surface area contributed by atoms with Crippen molar-refractivity contribution in [1.82, 2.24) is 4.90 Å². The Morgan fingerprint density at radius 3 is 2.07 bits per heavy atom. The lowest BCUT2D eigenvalue weighted by atomic mass is 9.42. The molecule has 15 atom stereocenters. The molecule has 3 N–H and O–H groups in total. The van der Waals surface area contributed by atoms with Crippen molar-refractivity contribution in [1.29, 1.82) is 0 Å². The van der Waals surface area contributed by atoms with Crippen LogP contribution in [0.3, 0.4) is 0 Å². The van der Waals surface area contributed by atoms with Gasteiger partial charge in [-0.3, -0.25) is 9.69 Å². The van der Waals surface area contributed by atoms with Gasteiger partial charge in [0.25, 0.3) is 0 Å². The molecule has 1 saturated heterocycles. The maximum atomic E-state index is 14.5. The molecular formula is C46H71NO11. The van der Waals surface area contributed by atoms with Crippen molar-refractivity contribution in [2.45, 2.75) is 158 Å². The molecule has 5 saturated carbocycles. The van der Waals surface area contributed by atoms with Crippen molar-refractivity contribution < 1.29 is 53.3 Å². The summed E-state index contributed by atoms with van der Waals surface area (Å²) in [6.45, 7) is 5.67. The molecule has 1 aliphatic heterocycles. The Labute approximate surface area is 345 Å². The highest BCUT2D eigenvalue weighted by Crippen LogP contribution is 2.80. The second-order valence-corrected chi connectivity index (χ2v) is 18.6. The molecule has 1 spiro atoms. The highest BCUT2D eigenvalue weighted by atomic mass is 16.6. The van der Waals surface area contributed by atoms with Crippen molar-refractivity contribution in [3.63, 3.8) is 0 Å². The smallest absolute Gasteiger partial charge is 0.338 e. The molecule has 0 radical (unpaired) electrons. The molecule has 58 heavy (non-hydrogen) atoms. The second kappa shape index (κ2) is 17.7. The Balaban J connectivity index is 1.29. The topological polar surface area (TPSA) is 153 Å². The zero-order valence-electron chi connectivity index (χ0n) is 35.8. The highest BCUT2D eigenvalue weighted by molar-refractivity contribution is 5.89. The zero-order valence-corrected chi connectivity index (χ0v) is 35.8. The maximum Gasteiger partial charge on any atom is 0.338 e. The number of esters is 2. The lowest BCUT2D eigenvalue weighted by Gasteiger charge is -2.70. The third kappa shape index (κ3) is 6.52. The van der Waals surface area contributed by atoms with E-state index in [1.54, 1.807) is 45.6 Å². The molecule has 7 rings (SSSR count). The first kappa shape index (κ1) is 43.9. The van der Waals surface area contributed by atoms with E-state index >= 15 is 0 Å². The van der Waals surface area contributed by atoms with E-state index < -0.39 is 88.3 Å². The number of carbonyl (C=O) groups excluding carboxylic acids is 2. The fourth-order valence-corrected chi connectivity index (χ4v) is 14.2. The zero-order chi connectivity index (χ0) is 41.5. The van der Waals surface area contributed by atoms with E-state index in [4.69, 9.17) is 28.4 Å². The Morgan fingerprint density at radius 1 is 0.828 bits per heavy atom. The molecule has 0 amide bonds. The van der Waals surface area contributed by atoms with Crippen LogP contribution in [0.25, 0.3) is 0 Å². The summed E-state index contributed by atoms with van der Waals surface area (Å²) in [6.07, 6.45) is 7.23. The lowest BCUT2D eigenvalue weighted by Crippen LogP contribution is -2.81. The van der Waals surface area contributed by atoms with Gasteiger partial charge in [-0.1, -0.05) is 96.3 Å². The number of nitrogens with zero attached hydrogens (tertiary/aromatic N) is 1. The van der Waals surface area contributed by atoms with Gasteiger partial charge in [0, 0.05) is 82.5 Å². The van der Waals surface area contributed by atoms with Gasteiger partial charge in [-0.15, -0.1) is 0 Å². The van der Waals surface area contributed by atoms with E-state index in [1.807, 2.05) is 6.07 Å². The van der Waals surface area contributed by atoms with Gasteiger partial charge in [-0.05, 0) is 37.4 Å². The van der Waals surface area contributed by atoms with E-state index in [0.29, 0.717) is 31.5 Å². The standard InChI is InChI=1S/C46H71NO11/c1-7-9-10-11-12-13-14-15-16-17-21-24-33(49)58-46-34-30(26-44(52,41(56-6)39(46)50)40(34)57-42(51)29-22-19-18-20-23-29)45-32(54-4)25-31(48)43(28-53-3)27-47(8-2)38(45)35(46)36(55-5)37(43)45/h18-20,22-23,30-32,34-41,48,50,52H,7-17,21,24-28H2,1-6H3/t30-,31-,32?,34-,35+,36+,37-,38-,39+,40-,41+,43+,44+,45+,46-/m1/s1. The molecule has 6 aliphatic rings. The van der Waals surface area contributed by atoms with Gasteiger partial charge < -0.3 is 43.7 Å². The van der Waals surface area contributed by atoms with Gasteiger partial charge in [0.2, 0.25) is 0 Å². The van der Waals surface area contributed by atoms with Gasteiger partial charge in [-0.25, -0.2) is 4.79 Å². The van der Waals surface area contributed by atoms with Crippen molar-refractivity contribution >= 4 is 11.9 Å². The monoisotopic (exact) mass is 814 g/mol. The first-order valence-corrected chi connectivity index (χ1v) is 22.4. The number of fused-ring (bicyclic) bond motifs is 2. The minimum Gasteiger partial charge on any atom is -0.455 e. The van der Waals surface area contributed by atoms with Gasteiger partial charge in [0.15, 0.2) is 5.60 Å². The molecule has 1 unspecified atom stereocenters. The summed E-state index contributed by atoms with van der Waals surface area (Å²) in [5.74, 6) is -3.47. The largest absolute Gasteiger partial charge is 0.455 e.